The van der Waals surface area contributed by atoms with Crippen LogP contribution in [-0.2, 0) is 0 Å². The summed E-state index contributed by atoms with van der Waals surface area (Å²) in [6.45, 7) is 4.01. The Bertz CT molecular complexity index is 605. The fourth-order valence-corrected chi connectivity index (χ4v) is 1.84. The molecule has 4 nitrogen and oxygen atoms in total. The molecule has 2 rings (SSSR count). The van der Waals surface area contributed by atoms with Crippen molar-refractivity contribution in [3.63, 3.8) is 0 Å². The molecule has 19 heavy (non-hydrogen) atoms. The van der Waals surface area contributed by atoms with Gasteiger partial charge in [0, 0.05) is 18.9 Å². The molecule has 2 N–H and O–H groups in total. The summed E-state index contributed by atoms with van der Waals surface area (Å²) in [4.78, 5) is 10.5. The molecule has 1 aromatic carbocycles. The summed E-state index contributed by atoms with van der Waals surface area (Å²) < 4.78 is 0. The number of aromatic nitrogens is 1. The maximum atomic E-state index is 6.05. The third kappa shape index (κ3) is 2.91. The quantitative estimate of drug-likeness (QED) is 0.662. The van der Waals surface area contributed by atoms with Crippen LogP contribution in [0.5, 0.6) is 0 Å². The molecule has 0 unspecified atom stereocenters. The summed E-state index contributed by atoms with van der Waals surface area (Å²) in [5.74, 6) is 1.08. The first-order valence-corrected chi connectivity index (χ1v) is 6.14. The molecule has 0 amide bonds. The maximum absolute atomic E-state index is 6.05. The Morgan fingerprint density at radius 1 is 1.11 bits per heavy atom. The minimum absolute atomic E-state index is 0.427. The lowest BCUT2D eigenvalue weighted by Gasteiger charge is -2.20. The number of aryl methyl sites for hydroxylation is 2. The number of nitrogens with zero attached hydrogens (tertiary/aromatic N) is 3. The van der Waals surface area contributed by atoms with Gasteiger partial charge in [0.05, 0.1) is 0 Å². The molecule has 1 heterocycles. The molecule has 0 bridgehead atoms. The second-order valence-corrected chi connectivity index (χ2v) is 4.46. The molecule has 1 aromatic heterocycles. The van der Waals surface area contributed by atoms with E-state index in [1.54, 1.807) is 6.20 Å². The van der Waals surface area contributed by atoms with Crippen molar-refractivity contribution in [1.82, 2.24) is 4.98 Å². The van der Waals surface area contributed by atoms with Crippen LogP contribution in [0.2, 0.25) is 0 Å². The second-order valence-electron chi connectivity index (χ2n) is 4.46. The number of benzene rings is 1. The first-order chi connectivity index (χ1) is 9.09. The summed E-state index contributed by atoms with van der Waals surface area (Å²) in [5.41, 5.74) is 9.25. The fraction of sp³-hybridized carbons (Fsp3) is 0.200. The number of pyridine rings is 1. The van der Waals surface area contributed by atoms with Gasteiger partial charge in [-0.25, -0.2) is 4.98 Å². The van der Waals surface area contributed by atoms with Crippen LogP contribution in [0.15, 0.2) is 47.6 Å². The van der Waals surface area contributed by atoms with Crippen molar-refractivity contribution in [1.29, 1.82) is 0 Å². The van der Waals surface area contributed by atoms with Crippen LogP contribution in [-0.4, -0.2) is 18.0 Å². The molecule has 2 aromatic rings. The molecule has 0 saturated heterocycles. The van der Waals surface area contributed by atoms with Crippen molar-refractivity contribution in [2.45, 2.75) is 13.8 Å². The molecule has 0 atom stereocenters. The van der Waals surface area contributed by atoms with Gasteiger partial charge in [-0.3, -0.25) is 0 Å². The summed E-state index contributed by atoms with van der Waals surface area (Å²) in [6.07, 6.45) is 1.72. The van der Waals surface area contributed by atoms with Crippen LogP contribution in [0, 0.1) is 13.8 Å². The lowest BCUT2D eigenvalue weighted by Crippen LogP contribution is -2.34. The van der Waals surface area contributed by atoms with Crippen molar-refractivity contribution in [2.24, 2.45) is 10.7 Å². The number of guanidine groups is 1. The van der Waals surface area contributed by atoms with Gasteiger partial charge >= 0.3 is 0 Å². The van der Waals surface area contributed by atoms with E-state index in [1.807, 2.05) is 62.2 Å². The van der Waals surface area contributed by atoms with E-state index in [2.05, 4.69) is 9.98 Å². The average Bonchev–Trinajstić information content (AvgIpc) is 2.41. The van der Waals surface area contributed by atoms with Gasteiger partial charge in [0.1, 0.15) is 0 Å². The standard InChI is InChI=1S/C15H18N4/c1-11-7-4-5-9-13(11)19(3)15(16)18-14-12(2)8-6-10-17-14/h4-10H,1-3H3,(H2,16,17,18). The zero-order chi connectivity index (χ0) is 13.8. The maximum Gasteiger partial charge on any atom is 0.202 e. The van der Waals surface area contributed by atoms with Crippen LogP contribution in [0.25, 0.3) is 0 Å². The van der Waals surface area contributed by atoms with E-state index in [9.17, 15) is 0 Å². The monoisotopic (exact) mass is 254 g/mol. The normalized spacial score (nSPS) is 11.4. The van der Waals surface area contributed by atoms with E-state index in [1.165, 1.54) is 0 Å². The number of hydrogen-bond donors (Lipinski definition) is 1. The molecule has 0 spiro atoms. The summed E-state index contributed by atoms with van der Waals surface area (Å²) >= 11 is 0. The zero-order valence-electron chi connectivity index (χ0n) is 11.5. The summed E-state index contributed by atoms with van der Waals surface area (Å²) in [6, 6.07) is 11.9. The Balaban J connectivity index is 2.32. The van der Waals surface area contributed by atoms with E-state index in [0.717, 1.165) is 16.8 Å². The van der Waals surface area contributed by atoms with E-state index in [0.29, 0.717) is 11.8 Å². The second kappa shape index (κ2) is 5.52. The van der Waals surface area contributed by atoms with Crippen molar-refractivity contribution in [3.05, 3.63) is 53.7 Å². The lowest BCUT2D eigenvalue weighted by atomic mass is 10.2. The van der Waals surface area contributed by atoms with Gasteiger partial charge in [-0.1, -0.05) is 24.3 Å². The molecular weight excluding hydrogens is 236 g/mol. The average molecular weight is 254 g/mol. The van der Waals surface area contributed by atoms with Crippen LogP contribution in [0.3, 0.4) is 0 Å². The van der Waals surface area contributed by atoms with Crippen LogP contribution >= 0.6 is 0 Å². The van der Waals surface area contributed by atoms with E-state index in [4.69, 9.17) is 5.73 Å². The number of aliphatic imine (C=N–C) groups is 1. The number of hydrogen-bond acceptors (Lipinski definition) is 2. The molecule has 0 aliphatic heterocycles. The molecular formula is C15H18N4. The highest BCUT2D eigenvalue weighted by molar-refractivity contribution is 5.96. The van der Waals surface area contributed by atoms with Crippen LogP contribution in [0.1, 0.15) is 11.1 Å². The van der Waals surface area contributed by atoms with Crippen molar-refractivity contribution < 1.29 is 0 Å². The third-order valence-corrected chi connectivity index (χ3v) is 3.02. The number of para-hydroxylation sites is 1. The Hall–Kier alpha value is -2.36. The SMILES string of the molecule is Cc1ccccc1N(C)C(N)=Nc1ncccc1C. The van der Waals surface area contributed by atoms with Crippen LogP contribution < -0.4 is 10.6 Å². The minimum Gasteiger partial charge on any atom is -0.369 e. The Morgan fingerprint density at radius 3 is 2.47 bits per heavy atom. The minimum atomic E-state index is 0.427. The van der Waals surface area contributed by atoms with E-state index < -0.39 is 0 Å². The molecule has 98 valence electrons. The van der Waals surface area contributed by atoms with Gasteiger partial charge in [0.25, 0.3) is 0 Å². The topological polar surface area (TPSA) is 54.5 Å². The smallest absolute Gasteiger partial charge is 0.202 e. The number of anilines is 1. The van der Waals surface area contributed by atoms with Gasteiger partial charge in [-0.05, 0) is 37.1 Å². The molecule has 0 fully saturated rings. The highest BCUT2D eigenvalue weighted by atomic mass is 15.2. The van der Waals surface area contributed by atoms with Crippen molar-refractivity contribution >= 4 is 17.5 Å². The Kier molecular flexibility index (Phi) is 3.80. The zero-order valence-corrected chi connectivity index (χ0v) is 11.5. The summed E-state index contributed by atoms with van der Waals surface area (Å²) in [7, 11) is 1.90. The Labute approximate surface area is 113 Å². The van der Waals surface area contributed by atoms with Gasteiger partial charge in [-0.15, -0.1) is 0 Å². The highest BCUT2D eigenvalue weighted by Crippen LogP contribution is 2.19. The number of nitrogens with two attached hydrogens (primary N) is 1. The predicted octanol–water partition coefficient (Wildman–Crippen LogP) is 2.78. The molecule has 0 aliphatic rings. The lowest BCUT2D eigenvalue weighted by molar-refractivity contribution is 1.16. The van der Waals surface area contributed by atoms with Gasteiger partial charge in [0.15, 0.2) is 5.82 Å². The van der Waals surface area contributed by atoms with Gasteiger partial charge in [-0.2, -0.15) is 4.99 Å². The largest absolute Gasteiger partial charge is 0.369 e. The third-order valence-electron chi connectivity index (χ3n) is 3.02. The molecule has 0 aliphatic carbocycles. The van der Waals surface area contributed by atoms with Crippen molar-refractivity contribution in [2.75, 3.05) is 11.9 Å². The van der Waals surface area contributed by atoms with Crippen LogP contribution in [0.4, 0.5) is 11.5 Å². The molecule has 4 heteroatoms. The first kappa shape index (κ1) is 13.1. The summed E-state index contributed by atoms with van der Waals surface area (Å²) in [5, 5.41) is 0. The molecule has 0 saturated carbocycles. The van der Waals surface area contributed by atoms with E-state index >= 15 is 0 Å². The predicted molar refractivity (Wildman–Crippen MR) is 79.8 cm³/mol. The number of rotatable bonds is 2. The van der Waals surface area contributed by atoms with Gasteiger partial charge in [0.2, 0.25) is 5.96 Å². The van der Waals surface area contributed by atoms with Crippen molar-refractivity contribution in [3.8, 4) is 0 Å². The molecule has 0 radical (unpaired) electrons. The fourth-order valence-electron chi connectivity index (χ4n) is 1.84. The first-order valence-electron chi connectivity index (χ1n) is 6.14. The Morgan fingerprint density at radius 2 is 1.79 bits per heavy atom. The van der Waals surface area contributed by atoms with E-state index in [-0.39, 0.29) is 0 Å². The highest BCUT2D eigenvalue weighted by Gasteiger charge is 2.08. The van der Waals surface area contributed by atoms with Gasteiger partial charge < -0.3 is 10.6 Å².